The quantitative estimate of drug-likeness (QED) is 0.792. The van der Waals surface area contributed by atoms with Crippen molar-refractivity contribution in [2.24, 2.45) is 0 Å². The molecule has 0 saturated carbocycles. The molecule has 6 heteroatoms. The van der Waals surface area contributed by atoms with Crippen molar-refractivity contribution in [2.45, 2.75) is 19.4 Å². The predicted molar refractivity (Wildman–Crippen MR) is 91.8 cm³/mol. The summed E-state index contributed by atoms with van der Waals surface area (Å²) in [5, 5.41) is 2.85. The van der Waals surface area contributed by atoms with E-state index in [2.05, 4.69) is 10.3 Å². The number of amides is 1. The Morgan fingerprint density at radius 3 is 2.88 bits per heavy atom. The van der Waals surface area contributed by atoms with Gasteiger partial charge in [-0.05, 0) is 30.7 Å². The molecule has 0 bridgehead atoms. The van der Waals surface area contributed by atoms with Gasteiger partial charge in [0.05, 0.1) is 0 Å². The molecular weight excluding hydrogens is 320 g/mol. The SMILES string of the molecule is Cc1cccc2oc(CCNC(=O)[C@@H]3COc4ccccc4O3)nc12. The van der Waals surface area contributed by atoms with E-state index in [1.54, 1.807) is 6.07 Å². The molecule has 1 amide bonds. The van der Waals surface area contributed by atoms with E-state index in [9.17, 15) is 4.79 Å². The van der Waals surface area contributed by atoms with Crippen LogP contribution in [0.2, 0.25) is 0 Å². The second kappa shape index (κ2) is 6.47. The zero-order chi connectivity index (χ0) is 17.2. The van der Waals surface area contributed by atoms with E-state index in [4.69, 9.17) is 13.9 Å². The molecule has 1 aromatic heterocycles. The van der Waals surface area contributed by atoms with Crippen LogP contribution in [0.3, 0.4) is 0 Å². The van der Waals surface area contributed by atoms with Crippen LogP contribution in [0.25, 0.3) is 11.1 Å². The molecule has 6 nitrogen and oxygen atoms in total. The molecule has 0 unspecified atom stereocenters. The van der Waals surface area contributed by atoms with Crippen LogP contribution >= 0.6 is 0 Å². The Bertz CT molecular complexity index is 919. The number of aromatic nitrogens is 1. The molecule has 1 aliphatic heterocycles. The molecule has 1 aliphatic rings. The number of fused-ring (bicyclic) bond motifs is 2. The lowest BCUT2D eigenvalue weighted by atomic mass is 10.2. The Hall–Kier alpha value is -3.02. The zero-order valence-electron chi connectivity index (χ0n) is 13.8. The number of hydrogen-bond acceptors (Lipinski definition) is 5. The number of benzene rings is 2. The molecule has 0 radical (unpaired) electrons. The van der Waals surface area contributed by atoms with Crippen LogP contribution in [0, 0.1) is 6.92 Å². The van der Waals surface area contributed by atoms with Crippen LogP contribution < -0.4 is 14.8 Å². The fourth-order valence-corrected chi connectivity index (χ4v) is 2.79. The molecule has 3 aromatic rings. The standard InChI is InChI=1S/C19H18N2O4/c1-12-5-4-8-15-18(12)21-17(25-15)9-10-20-19(22)16-11-23-13-6-2-3-7-14(13)24-16/h2-8,16H,9-11H2,1H3,(H,20,22)/t16-/m0/s1. The van der Waals surface area contributed by atoms with Gasteiger partial charge in [-0.15, -0.1) is 0 Å². The summed E-state index contributed by atoms with van der Waals surface area (Å²) in [7, 11) is 0. The van der Waals surface area contributed by atoms with Crippen LogP contribution in [0.4, 0.5) is 0 Å². The molecule has 1 N–H and O–H groups in total. The van der Waals surface area contributed by atoms with Gasteiger partial charge in [-0.3, -0.25) is 4.79 Å². The fraction of sp³-hybridized carbons (Fsp3) is 0.263. The van der Waals surface area contributed by atoms with Crippen LogP contribution in [-0.4, -0.2) is 30.1 Å². The number of carbonyl (C=O) groups excluding carboxylic acids is 1. The monoisotopic (exact) mass is 338 g/mol. The molecule has 0 saturated heterocycles. The minimum absolute atomic E-state index is 0.199. The maximum Gasteiger partial charge on any atom is 0.264 e. The first-order valence-electron chi connectivity index (χ1n) is 8.22. The van der Waals surface area contributed by atoms with E-state index >= 15 is 0 Å². The van der Waals surface area contributed by atoms with E-state index in [1.807, 2.05) is 43.3 Å². The fourth-order valence-electron chi connectivity index (χ4n) is 2.79. The van der Waals surface area contributed by atoms with Crippen molar-refractivity contribution in [2.75, 3.05) is 13.2 Å². The van der Waals surface area contributed by atoms with Gasteiger partial charge < -0.3 is 19.2 Å². The Kier molecular flexibility index (Phi) is 4.01. The van der Waals surface area contributed by atoms with E-state index in [0.29, 0.717) is 30.4 Å². The minimum atomic E-state index is -0.652. The molecule has 4 rings (SSSR count). The summed E-state index contributed by atoms with van der Waals surface area (Å²) in [6.45, 7) is 2.62. The summed E-state index contributed by atoms with van der Waals surface area (Å²) >= 11 is 0. The number of ether oxygens (including phenoxy) is 2. The van der Waals surface area contributed by atoms with Crippen molar-refractivity contribution in [1.29, 1.82) is 0 Å². The number of para-hydroxylation sites is 3. The van der Waals surface area contributed by atoms with Gasteiger partial charge in [0.1, 0.15) is 12.1 Å². The number of carbonyl (C=O) groups is 1. The topological polar surface area (TPSA) is 73.6 Å². The summed E-state index contributed by atoms with van der Waals surface area (Å²) in [6.07, 6.45) is -0.134. The average molecular weight is 338 g/mol. The highest BCUT2D eigenvalue weighted by molar-refractivity contribution is 5.81. The summed E-state index contributed by atoms with van der Waals surface area (Å²) in [5.74, 6) is 1.65. The maximum atomic E-state index is 12.3. The molecule has 25 heavy (non-hydrogen) atoms. The first kappa shape index (κ1) is 15.5. The number of hydrogen-bond donors (Lipinski definition) is 1. The number of oxazole rings is 1. The third-order valence-corrected chi connectivity index (χ3v) is 4.10. The van der Waals surface area contributed by atoms with Gasteiger partial charge in [0.25, 0.3) is 5.91 Å². The lowest BCUT2D eigenvalue weighted by Crippen LogP contribution is -2.44. The Labute approximate surface area is 144 Å². The summed E-state index contributed by atoms with van der Waals surface area (Å²) < 4.78 is 16.9. The normalized spacial score (nSPS) is 16.0. The van der Waals surface area contributed by atoms with Crippen molar-refractivity contribution in [1.82, 2.24) is 10.3 Å². The molecule has 0 fully saturated rings. The van der Waals surface area contributed by atoms with E-state index < -0.39 is 6.10 Å². The lowest BCUT2D eigenvalue weighted by Gasteiger charge is -2.25. The van der Waals surface area contributed by atoms with Crippen molar-refractivity contribution < 1.29 is 18.7 Å². The Morgan fingerprint density at radius 2 is 2.04 bits per heavy atom. The van der Waals surface area contributed by atoms with Gasteiger partial charge >= 0.3 is 0 Å². The Morgan fingerprint density at radius 1 is 1.20 bits per heavy atom. The minimum Gasteiger partial charge on any atom is -0.485 e. The molecular formula is C19H18N2O4. The van der Waals surface area contributed by atoms with Crippen LogP contribution in [-0.2, 0) is 11.2 Å². The van der Waals surface area contributed by atoms with Gasteiger partial charge in [0.15, 0.2) is 23.0 Å². The van der Waals surface area contributed by atoms with Crippen molar-refractivity contribution >= 4 is 17.0 Å². The van der Waals surface area contributed by atoms with Gasteiger partial charge in [-0.2, -0.15) is 0 Å². The van der Waals surface area contributed by atoms with Gasteiger partial charge in [0, 0.05) is 13.0 Å². The average Bonchev–Trinajstić information content (AvgIpc) is 3.05. The molecule has 0 aliphatic carbocycles. The van der Waals surface area contributed by atoms with E-state index in [-0.39, 0.29) is 12.5 Å². The first-order chi connectivity index (χ1) is 12.2. The molecule has 0 spiro atoms. The highest BCUT2D eigenvalue weighted by Gasteiger charge is 2.26. The molecule has 2 heterocycles. The molecule has 2 aromatic carbocycles. The predicted octanol–water partition coefficient (Wildman–Crippen LogP) is 2.63. The summed E-state index contributed by atoms with van der Waals surface area (Å²) in [4.78, 5) is 16.7. The number of rotatable bonds is 4. The van der Waals surface area contributed by atoms with Crippen LogP contribution in [0.5, 0.6) is 11.5 Å². The maximum absolute atomic E-state index is 12.3. The van der Waals surface area contributed by atoms with Gasteiger partial charge in [-0.1, -0.05) is 24.3 Å². The van der Waals surface area contributed by atoms with Crippen LogP contribution in [0.1, 0.15) is 11.5 Å². The van der Waals surface area contributed by atoms with E-state index in [1.165, 1.54) is 0 Å². The molecule has 1 atom stereocenters. The number of aryl methyl sites for hydroxylation is 1. The third-order valence-electron chi connectivity index (χ3n) is 4.10. The summed E-state index contributed by atoms with van der Waals surface area (Å²) in [5.41, 5.74) is 2.70. The highest BCUT2D eigenvalue weighted by atomic mass is 16.6. The highest BCUT2D eigenvalue weighted by Crippen LogP contribution is 2.30. The van der Waals surface area contributed by atoms with E-state index in [0.717, 1.165) is 16.7 Å². The smallest absolute Gasteiger partial charge is 0.264 e. The lowest BCUT2D eigenvalue weighted by molar-refractivity contribution is -0.130. The zero-order valence-corrected chi connectivity index (χ0v) is 13.8. The third kappa shape index (κ3) is 3.15. The van der Waals surface area contributed by atoms with Crippen molar-refractivity contribution in [3.8, 4) is 11.5 Å². The Balaban J connectivity index is 1.34. The largest absolute Gasteiger partial charge is 0.485 e. The second-order valence-corrected chi connectivity index (χ2v) is 5.93. The molecule has 128 valence electrons. The van der Waals surface area contributed by atoms with Crippen molar-refractivity contribution in [3.63, 3.8) is 0 Å². The second-order valence-electron chi connectivity index (χ2n) is 5.93. The summed E-state index contributed by atoms with van der Waals surface area (Å²) in [6, 6.07) is 13.1. The number of nitrogens with one attached hydrogen (secondary N) is 1. The first-order valence-corrected chi connectivity index (χ1v) is 8.22. The van der Waals surface area contributed by atoms with Crippen LogP contribution in [0.15, 0.2) is 46.9 Å². The van der Waals surface area contributed by atoms with Gasteiger partial charge in [-0.25, -0.2) is 4.98 Å². The van der Waals surface area contributed by atoms with Crippen molar-refractivity contribution in [3.05, 3.63) is 53.9 Å². The number of nitrogens with zero attached hydrogens (tertiary/aromatic N) is 1. The van der Waals surface area contributed by atoms with Gasteiger partial charge in [0.2, 0.25) is 6.10 Å².